The van der Waals surface area contributed by atoms with Gasteiger partial charge in [0.05, 0.1) is 0 Å². The molecule has 0 amide bonds. The second-order valence-corrected chi connectivity index (χ2v) is 5.70. The Morgan fingerprint density at radius 1 is 1.47 bits per heavy atom. The minimum absolute atomic E-state index is 0.00509. The molecule has 0 fully saturated rings. The summed E-state index contributed by atoms with van der Waals surface area (Å²) >= 11 is 1.51. The predicted octanol–water partition coefficient (Wildman–Crippen LogP) is 3.72. The molecule has 0 bridgehead atoms. The Hall–Kier alpha value is -0.740. The molecule has 1 rings (SSSR count). The molecule has 0 saturated carbocycles. The largest absolute Gasteiger partial charge is 0.374 e. The maximum atomic E-state index is 11.2. The number of carbonyl (C=O) groups excluding carboxylic acids is 1. The van der Waals surface area contributed by atoms with Crippen LogP contribution in [0.4, 0.5) is 0 Å². The summed E-state index contributed by atoms with van der Waals surface area (Å²) in [5.41, 5.74) is 0.546. The third-order valence-electron chi connectivity index (χ3n) is 3.17. The van der Waals surface area contributed by atoms with Crippen LogP contribution >= 0.6 is 11.3 Å². The lowest BCUT2D eigenvalue weighted by atomic mass is 9.92. The van der Waals surface area contributed by atoms with Gasteiger partial charge < -0.3 is 4.74 Å². The number of ketones is 1. The minimum atomic E-state index is 0.00509. The van der Waals surface area contributed by atoms with Crippen molar-refractivity contribution in [3.63, 3.8) is 0 Å². The van der Waals surface area contributed by atoms with E-state index in [2.05, 4.69) is 25.8 Å². The number of thiazole rings is 1. The number of rotatable bonds is 6. The number of nitrogens with zero attached hydrogens (tertiary/aromatic N) is 1. The molecule has 1 aromatic rings. The lowest BCUT2D eigenvalue weighted by Crippen LogP contribution is -2.11. The Kier molecular flexibility index (Phi) is 5.28. The maximum Gasteiger partial charge on any atom is 0.178 e. The first-order valence-corrected chi connectivity index (χ1v) is 6.82. The molecule has 1 aromatic heterocycles. The number of carbonyl (C=O) groups is 1. The number of methoxy groups -OCH3 is 1. The second-order valence-electron chi connectivity index (χ2n) is 4.81. The van der Waals surface area contributed by atoms with Crippen molar-refractivity contribution < 1.29 is 9.53 Å². The molecular weight excluding hydrogens is 234 g/mol. The van der Waals surface area contributed by atoms with Crippen molar-refractivity contribution in [1.82, 2.24) is 4.98 Å². The van der Waals surface area contributed by atoms with Crippen LogP contribution in [-0.4, -0.2) is 17.9 Å². The second kappa shape index (κ2) is 6.26. The molecule has 4 heteroatoms. The Bertz CT molecular complexity index is 373. The van der Waals surface area contributed by atoms with Crippen LogP contribution < -0.4 is 0 Å². The van der Waals surface area contributed by atoms with Gasteiger partial charge in [0.25, 0.3) is 0 Å². The average Bonchev–Trinajstić information content (AvgIpc) is 2.74. The van der Waals surface area contributed by atoms with Crippen LogP contribution in [0.3, 0.4) is 0 Å². The molecule has 0 aromatic carbocycles. The molecule has 96 valence electrons. The van der Waals surface area contributed by atoms with Crippen molar-refractivity contribution in [2.24, 2.45) is 11.8 Å². The summed E-state index contributed by atoms with van der Waals surface area (Å²) in [5.74, 6) is 1.21. The smallest absolute Gasteiger partial charge is 0.178 e. The number of Topliss-reactive ketones (excluding diaryl/α,β-unsaturated/α-hetero) is 1. The first kappa shape index (κ1) is 14.3. The van der Waals surface area contributed by atoms with E-state index in [0.29, 0.717) is 17.5 Å². The zero-order valence-corrected chi connectivity index (χ0v) is 12.0. The van der Waals surface area contributed by atoms with Crippen LogP contribution in [-0.2, 0) is 4.74 Å². The van der Waals surface area contributed by atoms with E-state index in [1.165, 1.54) is 18.3 Å². The van der Waals surface area contributed by atoms with Crippen molar-refractivity contribution in [2.45, 2.75) is 40.2 Å². The Labute approximate surface area is 107 Å². The average molecular weight is 255 g/mol. The van der Waals surface area contributed by atoms with Gasteiger partial charge in [-0.15, -0.1) is 11.3 Å². The molecule has 0 N–H and O–H groups in total. The van der Waals surface area contributed by atoms with Crippen LogP contribution in [0.1, 0.15) is 55.7 Å². The molecule has 0 spiro atoms. The van der Waals surface area contributed by atoms with Crippen molar-refractivity contribution >= 4 is 17.1 Å². The zero-order chi connectivity index (χ0) is 13.0. The minimum Gasteiger partial charge on any atom is -0.374 e. The van der Waals surface area contributed by atoms with Gasteiger partial charge in [-0.2, -0.15) is 0 Å². The Morgan fingerprint density at radius 3 is 2.53 bits per heavy atom. The summed E-state index contributed by atoms with van der Waals surface area (Å²) in [4.78, 5) is 15.5. The quantitative estimate of drug-likeness (QED) is 0.727. The van der Waals surface area contributed by atoms with Crippen LogP contribution in [0.15, 0.2) is 5.38 Å². The molecule has 0 aliphatic carbocycles. The number of ether oxygens (including phenoxy) is 1. The van der Waals surface area contributed by atoms with E-state index < -0.39 is 0 Å². The predicted molar refractivity (Wildman–Crippen MR) is 70.5 cm³/mol. The molecule has 3 nitrogen and oxygen atoms in total. The van der Waals surface area contributed by atoms with E-state index in [0.717, 1.165) is 11.4 Å². The lowest BCUT2D eigenvalue weighted by molar-refractivity contribution is 0.0750. The first-order valence-electron chi connectivity index (χ1n) is 5.94. The molecule has 17 heavy (non-hydrogen) atoms. The van der Waals surface area contributed by atoms with E-state index >= 15 is 0 Å². The molecule has 0 radical (unpaired) electrons. The van der Waals surface area contributed by atoms with Gasteiger partial charge in [0.15, 0.2) is 5.78 Å². The normalized spacial score (nSPS) is 14.9. The highest BCUT2D eigenvalue weighted by Crippen LogP contribution is 2.30. The fourth-order valence-corrected chi connectivity index (χ4v) is 2.45. The van der Waals surface area contributed by atoms with Gasteiger partial charge in [0.2, 0.25) is 0 Å². The van der Waals surface area contributed by atoms with Crippen LogP contribution in [0.5, 0.6) is 0 Å². The highest BCUT2D eigenvalue weighted by Gasteiger charge is 2.20. The monoisotopic (exact) mass is 255 g/mol. The maximum absolute atomic E-state index is 11.2. The van der Waals surface area contributed by atoms with Crippen LogP contribution in [0.25, 0.3) is 0 Å². The molecule has 2 atom stereocenters. The number of hydrogen-bond donors (Lipinski definition) is 0. The van der Waals surface area contributed by atoms with Gasteiger partial charge in [-0.25, -0.2) is 4.98 Å². The number of aromatic nitrogens is 1. The Balaban J connectivity index is 2.75. The van der Waals surface area contributed by atoms with Crippen molar-refractivity contribution in [3.8, 4) is 0 Å². The molecule has 2 unspecified atom stereocenters. The Morgan fingerprint density at radius 2 is 2.12 bits per heavy atom. The standard InChI is InChI=1S/C13H21NO2S/c1-8(2)9(3)6-12(16-5)13-14-11(7-17-13)10(4)15/h7-9,12H,6H2,1-5H3. The van der Waals surface area contributed by atoms with E-state index in [-0.39, 0.29) is 11.9 Å². The third-order valence-corrected chi connectivity index (χ3v) is 4.10. The molecule has 1 heterocycles. The highest BCUT2D eigenvalue weighted by molar-refractivity contribution is 7.09. The molecular formula is C13H21NO2S. The van der Waals surface area contributed by atoms with E-state index in [1.54, 1.807) is 7.11 Å². The van der Waals surface area contributed by atoms with Gasteiger partial charge in [0, 0.05) is 19.4 Å². The van der Waals surface area contributed by atoms with Gasteiger partial charge in [0.1, 0.15) is 16.8 Å². The summed E-state index contributed by atoms with van der Waals surface area (Å²) in [6.07, 6.45) is 0.949. The number of hydrogen-bond acceptors (Lipinski definition) is 4. The van der Waals surface area contributed by atoms with Crippen molar-refractivity contribution in [2.75, 3.05) is 7.11 Å². The van der Waals surface area contributed by atoms with Crippen LogP contribution in [0.2, 0.25) is 0 Å². The van der Waals surface area contributed by atoms with Gasteiger partial charge in [-0.3, -0.25) is 4.79 Å². The first-order chi connectivity index (χ1) is 7.95. The van der Waals surface area contributed by atoms with E-state index in [1.807, 2.05) is 5.38 Å². The van der Waals surface area contributed by atoms with Gasteiger partial charge in [-0.1, -0.05) is 20.8 Å². The summed E-state index contributed by atoms with van der Waals surface area (Å²) in [6.45, 7) is 8.17. The van der Waals surface area contributed by atoms with Crippen LogP contribution in [0, 0.1) is 11.8 Å². The third kappa shape index (κ3) is 3.89. The van der Waals surface area contributed by atoms with E-state index in [4.69, 9.17) is 4.74 Å². The van der Waals surface area contributed by atoms with Gasteiger partial charge >= 0.3 is 0 Å². The summed E-state index contributed by atoms with van der Waals surface area (Å²) in [5, 5.41) is 2.72. The fraction of sp³-hybridized carbons (Fsp3) is 0.692. The fourth-order valence-electron chi connectivity index (χ4n) is 1.50. The summed E-state index contributed by atoms with van der Waals surface area (Å²) in [7, 11) is 1.70. The summed E-state index contributed by atoms with van der Waals surface area (Å²) < 4.78 is 5.49. The van der Waals surface area contributed by atoms with Gasteiger partial charge in [-0.05, 0) is 18.3 Å². The SMILES string of the molecule is COC(CC(C)C(C)C)c1nc(C(C)=O)cs1. The molecule has 0 saturated heterocycles. The molecule has 0 aliphatic rings. The highest BCUT2D eigenvalue weighted by atomic mass is 32.1. The topological polar surface area (TPSA) is 39.2 Å². The van der Waals surface area contributed by atoms with Crippen molar-refractivity contribution in [3.05, 3.63) is 16.1 Å². The summed E-state index contributed by atoms with van der Waals surface area (Å²) in [6, 6.07) is 0. The zero-order valence-electron chi connectivity index (χ0n) is 11.2. The van der Waals surface area contributed by atoms with E-state index in [9.17, 15) is 4.79 Å². The van der Waals surface area contributed by atoms with Crippen molar-refractivity contribution in [1.29, 1.82) is 0 Å². The lowest BCUT2D eigenvalue weighted by Gasteiger charge is -2.20. The molecule has 0 aliphatic heterocycles.